The van der Waals surface area contributed by atoms with Gasteiger partial charge in [0.25, 0.3) is 0 Å². The predicted molar refractivity (Wildman–Crippen MR) is 88.9 cm³/mol. The van der Waals surface area contributed by atoms with Gasteiger partial charge < -0.3 is 19.4 Å². The van der Waals surface area contributed by atoms with Crippen molar-refractivity contribution in [3.8, 4) is 0 Å². The van der Waals surface area contributed by atoms with Crippen LogP contribution in [0.1, 0.15) is 45.4 Å². The molecular formula is C17H32NO5+. The first-order chi connectivity index (χ1) is 10.6. The number of carbonyl (C=O) groups excluding carboxylic acids is 1. The molecule has 0 heterocycles. The van der Waals surface area contributed by atoms with E-state index in [9.17, 15) is 14.7 Å². The minimum atomic E-state index is -0.988. The van der Waals surface area contributed by atoms with Crippen LogP contribution < -0.4 is 0 Å². The van der Waals surface area contributed by atoms with Crippen molar-refractivity contribution in [2.45, 2.75) is 57.7 Å². The third-order valence-electron chi connectivity index (χ3n) is 3.20. The fourth-order valence-corrected chi connectivity index (χ4v) is 2.20. The predicted octanol–water partition coefficient (Wildman–Crippen LogP) is 1.97. The molecule has 0 bridgehead atoms. The number of carboxylic acid groups (broad SMARTS) is 1. The zero-order valence-corrected chi connectivity index (χ0v) is 14.8. The van der Waals surface area contributed by atoms with Crippen LogP contribution in [-0.2, 0) is 14.3 Å². The van der Waals surface area contributed by atoms with Gasteiger partial charge in [-0.15, -0.1) is 0 Å². The molecule has 23 heavy (non-hydrogen) atoms. The Bertz CT molecular complexity index is 387. The van der Waals surface area contributed by atoms with E-state index in [1.54, 1.807) is 12.2 Å². The van der Waals surface area contributed by atoms with Crippen LogP contribution in [0.4, 0.5) is 0 Å². The lowest BCUT2D eigenvalue weighted by atomic mass is 10.1. The molecule has 0 aromatic heterocycles. The summed E-state index contributed by atoms with van der Waals surface area (Å²) in [6, 6.07) is 0. The number of likely N-dealkylation sites (N-methyl/N-ethyl adjacent to an activating group) is 1. The molecule has 0 spiro atoms. The lowest BCUT2D eigenvalue weighted by molar-refractivity contribution is -0.873. The number of aliphatic hydroxyl groups is 1. The highest BCUT2D eigenvalue weighted by atomic mass is 16.5. The van der Waals surface area contributed by atoms with E-state index >= 15 is 0 Å². The molecule has 6 nitrogen and oxygen atoms in total. The number of aliphatic carboxylic acids is 1. The summed E-state index contributed by atoms with van der Waals surface area (Å²) in [6.45, 7) is 2.53. The van der Waals surface area contributed by atoms with Gasteiger partial charge in [0.15, 0.2) is 6.10 Å². The third kappa shape index (κ3) is 14.0. The molecule has 0 aliphatic rings. The Kier molecular flexibility index (Phi) is 10.5. The van der Waals surface area contributed by atoms with Gasteiger partial charge in [0.05, 0.1) is 40.1 Å². The number of quaternary nitrogens is 1. The van der Waals surface area contributed by atoms with Gasteiger partial charge in [-0.05, 0) is 6.42 Å². The number of unbranched alkanes of at least 4 members (excludes halogenated alkanes) is 2. The number of rotatable bonds is 12. The van der Waals surface area contributed by atoms with Crippen molar-refractivity contribution in [2.24, 2.45) is 0 Å². The van der Waals surface area contributed by atoms with Crippen molar-refractivity contribution in [3.63, 3.8) is 0 Å². The highest BCUT2D eigenvalue weighted by Gasteiger charge is 2.24. The fourth-order valence-electron chi connectivity index (χ4n) is 2.20. The summed E-state index contributed by atoms with van der Waals surface area (Å²) in [5.74, 6) is -1.46. The maximum absolute atomic E-state index is 11.8. The lowest BCUT2D eigenvalue weighted by Crippen LogP contribution is -2.43. The molecule has 134 valence electrons. The summed E-state index contributed by atoms with van der Waals surface area (Å²) in [5, 5.41) is 18.6. The van der Waals surface area contributed by atoms with Gasteiger partial charge >= 0.3 is 11.9 Å². The molecular weight excluding hydrogens is 298 g/mol. The van der Waals surface area contributed by atoms with Crippen LogP contribution in [0.3, 0.4) is 0 Å². The van der Waals surface area contributed by atoms with Crippen LogP contribution in [0.5, 0.6) is 0 Å². The average Bonchev–Trinajstić information content (AvgIpc) is 2.35. The van der Waals surface area contributed by atoms with Gasteiger partial charge in [0, 0.05) is 0 Å². The zero-order chi connectivity index (χ0) is 17.9. The highest BCUT2D eigenvalue weighted by Crippen LogP contribution is 2.08. The summed E-state index contributed by atoms with van der Waals surface area (Å²) in [6.07, 6.45) is 5.64. The molecule has 0 aliphatic heterocycles. The van der Waals surface area contributed by atoms with Crippen LogP contribution >= 0.6 is 0 Å². The van der Waals surface area contributed by atoms with E-state index in [1.807, 2.05) is 21.1 Å². The van der Waals surface area contributed by atoms with Crippen LogP contribution in [0, 0.1) is 0 Å². The van der Waals surface area contributed by atoms with Crippen molar-refractivity contribution < 1.29 is 29.0 Å². The van der Waals surface area contributed by atoms with Crippen molar-refractivity contribution in [1.82, 2.24) is 0 Å². The molecule has 2 atom stereocenters. The molecule has 0 amide bonds. The Morgan fingerprint density at radius 2 is 1.87 bits per heavy atom. The summed E-state index contributed by atoms with van der Waals surface area (Å²) in [5.41, 5.74) is 0. The number of carboxylic acids is 1. The average molecular weight is 330 g/mol. The minimum Gasteiger partial charge on any atom is -0.481 e. The Labute approximate surface area is 139 Å². The number of hydrogen-bond acceptors (Lipinski definition) is 4. The van der Waals surface area contributed by atoms with E-state index in [0.29, 0.717) is 17.4 Å². The van der Waals surface area contributed by atoms with Gasteiger partial charge in [0.2, 0.25) is 0 Å². The van der Waals surface area contributed by atoms with E-state index in [0.717, 1.165) is 19.3 Å². The van der Waals surface area contributed by atoms with E-state index in [-0.39, 0.29) is 12.8 Å². The van der Waals surface area contributed by atoms with Crippen LogP contribution in [-0.4, -0.2) is 66.5 Å². The second kappa shape index (κ2) is 11.2. The number of esters is 1. The second-order valence-electron chi connectivity index (χ2n) is 6.88. The summed E-state index contributed by atoms with van der Waals surface area (Å²) < 4.78 is 5.76. The Hall–Kier alpha value is -1.40. The molecule has 0 radical (unpaired) electrons. The Morgan fingerprint density at radius 3 is 2.39 bits per heavy atom. The number of aliphatic hydroxyl groups excluding tert-OH is 1. The van der Waals surface area contributed by atoms with Gasteiger partial charge in [-0.1, -0.05) is 38.3 Å². The largest absolute Gasteiger partial charge is 0.481 e. The normalized spacial score (nSPS) is 14.7. The lowest BCUT2D eigenvalue weighted by Gasteiger charge is -2.28. The smallest absolute Gasteiger partial charge is 0.310 e. The van der Waals surface area contributed by atoms with Crippen LogP contribution in [0.25, 0.3) is 0 Å². The molecule has 6 heteroatoms. The van der Waals surface area contributed by atoms with Crippen molar-refractivity contribution >= 4 is 11.9 Å². The van der Waals surface area contributed by atoms with Gasteiger partial charge in [-0.2, -0.15) is 0 Å². The molecule has 0 saturated heterocycles. The Morgan fingerprint density at radius 1 is 1.22 bits per heavy atom. The minimum absolute atomic E-state index is 0.0398. The quantitative estimate of drug-likeness (QED) is 0.247. The van der Waals surface area contributed by atoms with Crippen molar-refractivity contribution in [1.29, 1.82) is 0 Å². The van der Waals surface area contributed by atoms with E-state index in [2.05, 4.69) is 6.92 Å². The second-order valence-corrected chi connectivity index (χ2v) is 6.88. The maximum Gasteiger partial charge on any atom is 0.310 e. The molecule has 0 aromatic carbocycles. The number of carbonyl (C=O) groups is 2. The van der Waals surface area contributed by atoms with Gasteiger partial charge in [0.1, 0.15) is 6.54 Å². The number of ether oxygens (including phenoxy) is 1. The van der Waals surface area contributed by atoms with E-state index in [4.69, 9.17) is 9.84 Å². The van der Waals surface area contributed by atoms with Gasteiger partial charge in [-0.25, -0.2) is 0 Å². The van der Waals surface area contributed by atoms with Crippen molar-refractivity contribution in [2.75, 3.05) is 27.7 Å². The Balaban J connectivity index is 4.28. The topological polar surface area (TPSA) is 83.8 Å². The van der Waals surface area contributed by atoms with Crippen LogP contribution in [0.2, 0.25) is 0 Å². The number of nitrogens with zero attached hydrogens (tertiary/aromatic N) is 1. The monoisotopic (exact) mass is 330 g/mol. The van der Waals surface area contributed by atoms with E-state index < -0.39 is 24.1 Å². The van der Waals surface area contributed by atoms with E-state index in [1.165, 1.54) is 0 Å². The first kappa shape index (κ1) is 21.6. The molecule has 0 aromatic rings. The molecule has 0 rings (SSSR count). The summed E-state index contributed by atoms with van der Waals surface area (Å²) in [7, 11) is 5.74. The summed E-state index contributed by atoms with van der Waals surface area (Å²) in [4.78, 5) is 22.7. The highest BCUT2D eigenvalue weighted by molar-refractivity contribution is 5.72. The standard InChI is InChI=1S/C17H31NO5/c1-5-6-7-9-14(19)10-8-11-17(22)23-15(12-16(20)21)13-18(2,3)4/h8,10,14-15,19H,5-7,9,11-13H2,1-4H3/p+1/b10-8+. The van der Waals surface area contributed by atoms with Crippen LogP contribution in [0.15, 0.2) is 12.2 Å². The fraction of sp³-hybridized carbons (Fsp3) is 0.765. The summed E-state index contributed by atoms with van der Waals surface area (Å²) >= 11 is 0. The number of hydrogen-bond donors (Lipinski definition) is 2. The zero-order valence-electron chi connectivity index (χ0n) is 14.8. The molecule has 0 aliphatic carbocycles. The van der Waals surface area contributed by atoms with Crippen molar-refractivity contribution in [3.05, 3.63) is 12.2 Å². The first-order valence-corrected chi connectivity index (χ1v) is 8.20. The maximum atomic E-state index is 11.8. The first-order valence-electron chi connectivity index (χ1n) is 8.20. The SMILES string of the molecule is CCCCCC(O)/C=C/CC(=O)OC(CC(=O)O)C[N+](C)(C)C. The third-order valence-corrected chi connectivity index (χ3v) is 3.20. The molecule has 2 unspecified atom stereocenters. The molecule has 0 fully saturated rings. The molecule has 0 saturated carbocycles. The molecule has 2 N–H and O–H groups in total. The van der Waals surface area contributed by atoms with Gasteiger partial charge in [-0.3, -0.25) is 9.59 Å².